The molecule has 0 aromatic heterocycles. The van der Waals surface area contributed by atoms with E-state index in [4.69, 9.17) is 0 Å². The van der Waals surface area contributed by atoms with Gasteiger partial charge in [0.05, 0.1) is 5.56 Å². The van der Waals surface area contributed by atoms with Crippen molar-refractivity contribution in [3.63, 3.8) is 0 Å². The molecule has 2 rings (SSSR count). The summed E-state index contributed by atoms with van der Waals surface area (Å²) in [6, 6.07) is 4.11. The second-order valence-corrected chi connectivity index (χ2v) is 5.78. The molecular weight excluding hydrogens is 274 g/mol. The van der Waals surface area contributed by atoms with Crippen molar-refractivity contribution in [1.29, 1.82) is 0 Å². The lowest BCUT2D eigenvalue weighted by atomic mass is 10.1. The lowest BCUT2D eigenvalue weighted by Gasteiger charge is -2.27. The largest absolute Gasteiger partial charge is 0.305 e. The maximum Gasteiger partial charge on any atom is 0.169 e. The first-order chi connectivity index (χ1) is 9.99. The molecule has 0 amide bonds. The van der Waals surface area contributed by atoms with Crippen molar-refractivity contribution in [2.75, 3.05) is 33.2 Å². The van der Waals surface area contributed by atoms with E-state index in [1.165, 1.54) is 12.1 Å². The summed E-state index contributed by atoms with van der Waals surface area (Å²) in [6.45, 7) is 5.67. The van der Waals surface area contributed by atoms with Crippen LogP contribution in [0.25, 0.3) is 0 Å². The highest BCUT2D eigenvalue weighted by Crippen LogP contribution is 2.15. The molecule has 5 heteroatoms. The fourth-order valence-electron chi connectivity index (χ4n) is 2.85. The van der Waals surface area contributed by atoms with Gasteiger partial charge in [-0.1, -0.05) is 6.07 Å². The summed E-state index contributed by atoms with van der Waals surface area (Å²) in [7, 11) is 2.09. The van der Waals surface area contributed by atoms with Gasteiger partial charge < -0.3 is 4.90 Å². The zero-order chi connectivity index (χ0) is 15.4. The van der Waals surface area contributed by atoms with E-state index in [1.807, 2.05) is 0 Å². The predicted molar refractivity (Wildman–Crippen MR) is 78.5 cm³/mol. The van der Waals surface area contributed by atoms with Crippen molar-refractivity contribution in [1.82, 2.24) is 9.80 Å². The number of hydrogen-bond acceptors (Lipinski definition) is 3. The minimum Gasteiger partial charge on any atom is -0.305 e. The number of rotatable bonds is 4. The van der Waals surface area contributed by atoms with Gasteiger partial charge in [0, 0.05) is 25.6 Å². The van der Waals surface area contributed by atoms with Crippen molar-refractivity contribution < 1.29 is 13.6 Å². The Labute approximate surface area is 124 Å². The number of carbonyl (C=O) groups is 1. The molecule has 0 bridgehead atoms. The third kappa shape index (κ3) is 4.08. The van der Waals surface area contributed by atoms with Crippen LogP contribution >= 0.6 is 0 Å². The normalized spacial score (nSPS) is 21.2. The number of ketones is 1. The molecule has 1 aliphatic heterocycles. The van der Waals surface area contributed by atoms with Crippen LogP contribution in [0.2, 0.25) is 0 Å². The fraction of sp³-hybridized carbons (Fsp3) is 0.562. The Bertz CT molecular complexity index is 507. The quantitative estimate of drug-likeness (QED) is 0.798. The number of Topliss-reactive ketones (excluding diaryl/α,β-unsaturated/α-hetero) is 1. The molecule has 1 fully saturated rings. The van der Waals surface area contributed by atoms with Gasteiger partial charge in [0.2, 0.25) is 0 Å². The van der Waals surface area contributed by atoms with Crippen molar-refractivity contribution in [3.8, 4) is 0 Å². The minimum atomic E-state index is -1.04. The van der Waals surface area contributed by atoms with Crippen LogP contribution in [0, 0.1) is 11.6 Å². The van der Waals surface area contributed by atoms with Crippen molar-refractivity contribution in [3.05, 3.63) is 35.4 Å². The highest BCUT2D eigenvalue weighted by Gasteiger charge is 2.21. The average molecular weight is 296 g/mol. The summed E-state index contributed by atoms with van der Waals surface area (Å²) in [5, 5.41) is 0. The van der Waals surface area contributed by atoms with Crippen LogP contribution in [0.4, 0.5) is 8.78 Å². The molecule has 0 saturated carbocycles. The molecule has 0 spiro atoms. The molecule has 21 heavy (non-hydrogen) atoms. The van der Waals surface area contributed by atoms with Crippen LogP contribution in [-0.2, 0) is 0 Å². The Morgan fingerprint density at radius 1 is 1.33 bits per heavy atom. The molecule has 0 radical (unpaired) electrons. The van der Waals surface area contributed by atoms with E-state index in [9.17, 15) is 13.6 Å². The molecular formula is C16H22F2N2O. The van der Waals surface area contributed by atoms with E-state index in [0.717, 1.165) is 32.1 Å². The fourth-order valence-corrected chi connectivity index (χ4v) is 2.85. The van der Waals surface area contributed by atoms with Gasteiger partial charge in [-0.15, -0.1) is 0 Å². The zero-order valence-electron chi connectivity index (χ0n) is 12.6. The summed E-state index contributed by atoms with van der Waals surface area (Å²) < 4.78 is 26.7. The van der Waals surface area contributed by atoms with E-state index in [1.54, 1.807) is 0 Å². The van der Waals surface area contributed by atoms with E-state index >= 15 is 0 Å². The molecule has 1 heterocycles. The maximum absolute atomic E-state index is 13.6. The lowest BCUT2D eigenvalue weighted by molar-refractivity contribution is 0.0948. The van der Waals surface area contributed by atoms with E-state index in [0.29, 0.717) is 12.6 Å². The molecule has 116 valence electrons. The van der Waals surface area contributed by atoms with Gasteiger partial charge in [-0.05, 0) is 45.6 Å². The molecule has 0 aliphatic carbocycles. The minimum absolute atomic E-state index is 0.144. The highest BCUT2D eigenvalue weighted by atomic mass is 19.2. The van der Waals surface area contributed by atoms with Crippen LogP contribution in [0.1, 0.15) is 30.1 Å². The first-order valence-corrected chi connectivity index (χ1v) is 7.39. The monoisotopic (exact) mass is 296 g/mol. The van der Waals surface area contributed by atoms with Gasteiger partial charge in [0.25, 0.3) is 0 Å². The number of hydrogen-bond donors (Lipinski definition) is 0. The van der Waals surface area contributed by atoms with Gasteiger partial charge in [0.15, 0.2) is 17.4 Å². The number of halogens is 2. The van der Waals surface area contributed by atoms with Crippen LogP contribution < -0.4 is 0 Å². The number of benzene rings is 1. The molecule has 1 atom stereocenters. The third-order valence-corrected chi connectivity index (χ3v) is 4.06. The smallest absolute Gasteiger partial charge is 0.169 e. The second kappa shape index (κ2) is 7.09. The van der Waals surface area contributed by atoms with E-state index in [-0.39, 0.29) is 17.8 Å². The highest BCUT2D eigenvalue weighted by molar-refractivity contribution is 5.96. The number of nitrogens with zero attached hydrogens (tertiary/aromatic N) is 2. The molecule has 1 aromatic carbocycles. The van der Waals surface area contributed by atoms with Crippen LogP contribution in [0.5, 0.6) is 0 Å². The van der Waals surface area contributed by atoms with Gasteiger partial charge in [-0.25, -0.2) is 8.78 Å². The number of carbonyl (C=O) groups excluding carboxylic acids is 1. The Hall–Kier alpha value is -1.33. The van der Waals surface area contributed by atoms with Crippen molar-refractivity contribution >= 4 is 5.78 Å². The molecule has 1 saturated heterocycles. The van der Waals surface area contributed by atoms with Crippen LogP contribution in [0.3, 0.4) is 0 Å². The predicted octanol–water partition coefficient (Wildman–Crippen LogP) is 2.56. The average Bonchev–Trinajstić information content (AvgIpc) is 2.60. The van der Waals surface area contributed by atoms with Gasteiger partial charge in [-0.2, -0.15) is 0 Å². The first kappa shape index (κ1) is 16.0. The Balaban J connectivity index is 1.96. The molecule has 1 unspecified atom stereocenters. The van der Waals surface area contributed by atoms with Crippen LogP contribution in [-0.4, -0.2) is 54.9 Å². The Kier molecular flexibility index (Phi) is 5.42. The summed E-state index contributed by atoms with van der Waals surface area (Å²) in [5.41, 5.74) is -0.144. The molecule has 0 N–H and O–H groups in total. The lowest BCUT2D eigenvalue weighted by Crippen LogP contribution is -2.39. The van der Waals surface area contributed by atoms with E-state index in [2.05, 4.69) is 23.8 Å². The Morgan fingerprint density at radius 3 is 2.86 bits per heavy atom. The van der Waals surface area contributed by atoms with Crippen LogP contribution in [0.15, 0.2) is 18.2 Å². The number of likely N-dealkylation sites (N-methyl/N-ethyl adjacent to an activating group) is 1. The first-order valence-electron chi connectivity index (χ1n) is 7.39. The standard InChI is InChI=1S/C16H22F2N2O/c1-12-11-19(2)8-4-9-20(12)10-7-15(21)13-5-3-6-14(17)16(13)18/h3,5-6,12H,4,7-11H2,1-2H3. The summed E-state index contributed by atoms with van der Waals surface area (Å²) in [5.74, 6) is -2.34. The van der Waals surface area contributed by atoms with E-state index < -0.39 is 11.6 Å². The summed E-state index contributed by atoms with van der Waals surface area (Å²) >= 11 is 0. The molecule has 1 aliphatic rings. The zero-order valence-corrected chi connectivity index (χ0v) is 12.6. The summed E-state index contributed by atoms with van der Waals surface area (Å²) in [6.07, 6.45) is 1.28. The maximum atomic E-state index is 13.6. The second-order valence-electron chi connectivity index (χ2n) is 5.78. The summed E-state index contributed by atoms with van der Waals surface area (Å²) in [4.78, 5) is 16.6. The molecule has 3 nitrogen and oxygen atoms in total. The molecule has 1 aromatic rings. The van der Waals surface area contributed by atoms with Gasteiger partial charge >= 0.3 is 0 Å². The van der Waals surface area contributed by atoms with Crippen molar-refractivity contribution in [2.45, 2.75) is 25.8 Å². The SMILES string of the molecule is CC1CN(C)CCCN1CCC(=O)c1cccc(F)c1F. The third-order valence-electron chi connectivity index (χ3n) is 4.06. The van der Waals surface area contributed by atoms with Crippen molar-refractivity contribution in [2.24, 2.45) is 0 Å². The Morgan fingerprint density at radius 2 is 2.10 bits per heavy atom. The topological polar surface area (TPSA) is 23.6 Å². The van der Waals surface area contributed by atoms with Gasteiger partial charge in [-0.3, -0.25) is 9.69 Å². The van der Waals surface area contributed by atoms with Gasteiger partial charge in [0.1, 0.15) is 0 Å².